The van der Waals surface area contributed by atoms with Crippen LogP contribution in [0.3, 0.4) is 0 Å². The average Bonchev–Trinajstić information content (AvgIpc) is 2.89. The molecule has 1 saturated heterocycles. The molecule has 1 aromatic carbocycles. The van der Waals surface area contributed by atoms with Crippen LogP contribution in [-0.4, -0.2) is 80.7 Å². The largest absolute Gasteiger partial charge is 0.493 e. The lowest BCUT2D eigenvalue weighted by Gasteiger charge is -2.39. The second-order valence-corrected chi connectivity index (χ2v) is 11.2. The molecule has 1 aliphatic heterocycles. The van der Waals surface area contributed by atoms with E-state index < -0.39 is 17.7 Å². The lowest BCUT2D eigenvalue weighted by atomic mass is 9.83. The summed E-state index contributed by atoms with van der Waals surface area (Å²) in [4.78, 5) is 15.2. The summed E-state index contributed by atoms with van der Waals surface area (Å²) in [5, 5.41) is 13.7. The van der Waals surface area contributed by atoms with Gasteiger partial charge >= 0.3 is 0 Å². The maximum absolute atomic E-state index is 12.9. The number of nitrogens with one attached hydrogen (secondary N) is 1. The number of hydrogen-bond donors (Lipinski definition) is 3. The predicted molar refractivity (Wildman–Crippen MR) is 163 cm³/mol. The topological polar surface area (TPSA) is 106 Å². The van der Waals surface area contributed by atoms with Crippen LogP contribution in [0.4, 0.5) is 0 Å². The number of benzene rings is 1. The van der Waals surface area contributed by atoms with E-state index in [0.717, 1.165) is 50.1 Å². The number of ether oxygens (including phenoxy) is 3. The zero-order valence-corrected chi connectivity index (χ0v) is 26.4. The molecule has 1 heterocycles. The number of halogens is 2. The van der Waals surface area contributed by atoms with Crippen molar-refractivity contribution in [2.24, 2.45) is 17.6 Å². The van der Waals surface area contributed by atoms with Crippen LogP contribution in [0.15, 0.2) is 18.2 Å². The zero-order chi connectivity index (χ0) is 27.4. The quantitative estimate of drug-likeness (QED) is 0.246. The van der Waals surface area contributed by atoms with Gasteiger partial charge in [0.25, 0.3) is 0 Å². The first-order valence-electron chi connectivity index (χ1n) is 13.9. The minimum atomic E-state index is -0.807. The molecule has 1 aliphatic rings. The summed E-state index contributed by atoms with van der Waals surface area (Å²) in [5.41, 5.74) is 6.99. The fraction of sp³-hybridized carbons (Fsp3) is 0.759. The molecule has 4 N–H and O–H groups in total. The van der Waals surface area contributed by atoms with Crippen LogP contribution in [0.25, 0.3) is 0 Å². The Labute approximate surface area is 248 Å². The first-order chi connectivity index (χ1) is 17.6. The normalized spacial score (nSPS) is 16.4. The highest BCUT2D eigenvalue weighted by Crippen LogP contribution is 2.31. The summed E-state index contributed by atoms with van der Waals surface area (Å²) in [5.74, 6) is 2.01. The van der Waals surface area contributed by atoms with Crippen LogP contribution in [-0.2, 0) is 16.0 Å². The van der Waals surface area contributed by atoms with Crippen LogP contribution in [0, 0.1) is 11.8 Å². The van der Waals surface area contributed by atoms with Crippen LogP contribution in [0.2, 0.25) is 0 Å². The molecule has 1 amide bonds. The standard InChI is InChI=1S/C29H51N3O5.2ClH/c1-21(2)23(17-22-11-12-26(36-6)27(18-22)37-16-10-15-35-5)19-24(30)25(33)20-31-28(34)29(3,4)32-13-8-7-9-14-32;;/h11-12,18,21,23-25,33H,7-10,13-17,19-20,30H2,1-6H3,(H,31,34);2*1H. The first-order valence-corrected chi connectivity index (χ1v) is 13.9. The van der Waals surface area contributed by atoms with Gasteiger partial charge < -0.3 is 30.4 Å². The molecule has 0 spiro atoms. The van der Waals surface area contributed by atoms with Gasteiger partial charge in [-0.05, 0) is 82.2 Å². The van der Waals surface area contributed by atoms with Crippen molar-refractivity contribution < 1.29 is 24.1 Å². The van der Waals surface area contributed by atoms with Crippen LogP contribution in [0.5, 0.6) is 11.5 Å². The summed E-state index contributed by atoms with van der Waals surface area (Å²) in [6.45, 7) is 11.5. The number of methoxy groups -OCH3 is 2. The third kappa shape index (κ3) is 12.0. The van der Waals surface area contributed by atoms with Crippen LogP contribution < -0.4 is 20.5 Å². The van der Waals surface area contributed by atoms with Gasteiger partial charge in [-0.1, -0.05) is 26.3 Å². The fourth-order valence-electron chi connectivity index (χ4n) is 4.91. The summed E-state index contributed by atoms with van der Waals surface area (Å²) in [7, 11) is 3.32. The molecule has 1 aromatic rings. The Morgan fingerprint density at radius 2 is 1.77 bits per heavy atom. The van der Waals surface area contributed by atoms with E-state index in [4.69, 9.17) is 19.9 Å². The van der Waals surface area contributed by atoms with E-state index in [2.05, 4.69) is 30.1 Å². The van der Waals surface area contributed by atoms with Crippen molar-refractivity contribution in [3.63, 3.8) is 0 Å². The van der Waals surface area contributed by atoms with Crippen LogP contribution >= 0.6 is 24.8 Å². The van der Waals surface area contributed by atoms with Crippen molar-refractivity contribution in [3.8, 4) is 11.5 Å². The van der Waals surface area contributed by atoms with Crippen LogP contribution in [0.1, 0.15) is 65.4 Å². The third-order valence-corrected chi connectivity index (χ3v) is 7.66. The van der Waals surface area contributed by atoms with Gasteiger partial charge in [-0.2, -0.15) is 0 Å². The van der Waals surface area contributed by atoms with E-state index >= 15 is 0 Å². The minimum Gasteiger partial charge on any atom is -0.493 e. The maximum Gasteiger partial charge on any atom is 0.240 e. The molecule has 0 bridgehead atoms. The fourth-order valence-corrected chi connectivity index (χ4v) is 4.91. The number of rotatable bonds is 16. The molecule has 0 saturated carbocycles. The van der Waals surface area contributed by atoms with Gasteiger partial charge in [0.05, 0.1) is 25.4 Å². The van der Waals surface area contributed by atoms with Gasteiger partial charge in [0.15, 0.2) is 11.5 Å². The van der Waals surface area contributed by atoms with Crippen molar-refractivity contribution in [3.05, 3.63) is 23.8 Å². The van der Waals surface area contributed by atoms with E-state index in [-0.39, 0.29) is 43.2 Å². The number of nitrogens with zero attached hydrogens (tertiary/aromatic N) is 1. The molecule has 3 atom stereocenters. The molecule has 0 aromatic heterocycles. The molecule has 3 unspecified atom stereocenters. The molecular weight excluding hydrogens is 541 g/mol. The lowest BCUT2D eigenvalue weighted by Crippen LogP contribution is -2.58. The number of hydrogen-bond acceptors (Lipinski definition) is 7. The van der Waals surface area contributed by atoms with Gasteiger partial charge in [-0.25, -0.2) is 0 Å². The van der Waals surface area contributed by atoms with Crippen molar-refractivity contribution in [1.29, 1.82) is 0 Å². The molecule has 2 rings (SSSR count). The summed E-state index contributed by atoms with van der Waals surface area (Å²) < 4.78 is 16.5. The Bertz CT molecular complexity index is 822. The second kappa shape index (κ2) is 18.9. The molecule has 0 aliphatic carbocycles. The third-order valence-electron chi connectivity index (χ3n) is 7.66. The number of carbonyl (C=O) groups is 1. The van der Waals surface area contributed by atoms with E-state index in [0.29, 0.717) is 31.3 Å². The van der Waals surface area contributed by atoms with Crippen molar-refractivity contribution in [1.82, 2.24) is 10.2 Å². The Morgan fingerprint density at radius 1 is 1.10 bits per heavy atom. The number of aliphatic hydroxyl groups is 1. The highest BCUT2D eigenvalue weighted by Gasteiger charge is 2.35. The van der Waals surface area contributed by atoms with Crippen molar-refractivity contribution in [2.45, 2.75) is 83.9 Å². The summed E-state index contributed by atoms with van der Waals surface area (Å²) in [6, 6.07) is 5.59. The number of piperidine rings is 1. The van der Waals surface area contributed by atoms with E-state index in [1.165, 1.54) is 6.42 Å². The lowest BCUT2D eigenvalue weighted by molar-refractivity contribution is -0.132. The van der Waals surface area contributed by atoms with Crippen molar-refractivity contribution >= 4 is 30.7 Å². The van der Waals surface area contributed by atoms with E-state index in [1.807, 2.05) is 26.0 Å². The number of amides is 1. The molecular formula is C29H53Cl2N3O5. The minimum absolute atomic E-state index is 0. The smallest absolute Gasteiger partial charge is 0.240 e. The molecule has 228 valence electrons. The SMILES string of the molecule is COCCCOc1cc(CC(CC(N)C(O)CNC(=O)C(C)(C)N2CCCCC2)C(C)C)ccc1OC.Cl.Cl. The van der Waals surface area contributed by atoms with Gasteiger partial charge in [-0.3, -0.25) is 9.69 Å². The molecule has 0 radical (unpaired) electrons. The predicted octanol–water partition coefficient (Wildman–Crippen LogP) is 4.23. The van der Waals surface area contributed by atoms with E-state index in [9.17, 15) is 9.90 Å². The number of nitrogens with two attached hydrogens (primary N) is 1. The Hall–Kier alpha value is -1.29. The first kappa shape index (κ1) is 37.7. The Kier molecular flexibility index (Phi) is 18.3. The van der Waals surface area contributed by atoms with Gasteiger partial charge in [0.1, 0.15) is 0 Å². The highest BCUT2D eigenvalue weighted by molar-refractivity contribution is 5.86. The maximum atomic E-state index is 12.9. The second-order valence-electron chi connectivity index (χ2n) is 11.2. The number of carbonyl (C=O) groups excluding carboxylic acids is 1. The Balaban J connectivity index is 0.00000722. The Morgan fingerprint density at radius 3 is 2.36 bits per heavy atom. The summed E-state index contributed by atoms with van der Waals surface area (Å²) in [6.07, 6.45) is 4.92. The summed E-state index contributed by atoms with van der Waals surface area (Å²) >= 11 is 0. The monoisotopic (exact) mass is 593 g/mol. The van der Waals surface area contributed by atoms with E-state index in [1.54, 1.807) is 14.2 Å². The number of aliphatic hydroxyl groups excluding tert-OH is 1. The van der Waals surface area contributed by atoms with Crippen molar-refractivity contribution in [2.75, 3.05) is 47.1 Å². The molecule has 8 nitrogen and oxygen atoms in total. The zero-order valence-electron chi connectivity index (χ0n) is 24.7. The molecule has 39 heavy (non-hydrogen) atoms. The van der Waals surface area contributed by atoms with Gasteiger partial charge in [0.2, 0.25) is 5.91 Å². The molecule has 1 fully saturated rings. The number of likely N-dealkylation sites (tertiary alicyclic amines) is 1. The molecule has 10 heteroatoms. The van der Waals surface area contributed by atoms with Gasteiger partial charge in [0, 0.05) is 32.7 Å². The average molecular weight is 595 g/mol. The highest BCUT2D eigenvalue weighted by atomic mass is 35.5. The van der Waals surface area contributed by atoms with Gasteiger partial charge in [-0.15, -0.1) is 24.8 Å².